The number of carbonyl (C=O) groups is 1. The zero-order chi connectivity index (χ0) is 12.5. The molecule has 1 rings (SSSR count). The normalized spacial score (nSPS) is 10.0. The van der Waals surface area contributed by atoms with Gasteiger partial charge in [-0.25, -0.2) is 0 Å². The van der Waals surface area contributed by atoms with Crippen molar-refractivity contribution < 1.29 is 14.3 Å². The van der Waals surface area contributed by atoms with Gasteiger partial charge in [-0.05, 0) is 29.9 Å². The van der Waals surface area contributed by atoms with Gasteiger partial charge < -0.3 is 9.47 Å². The molecule has 0 radical (unpaired) electrons. The molecule has 4 heteroatoms. The quantitative estimate of drug-likeness (QED) is 0.553. The van der Waals surface area contributed by atoms with Crippen molar-refractivity contribution in [2.75, 3.05) is 18.6 Å². The molecule has 0 atom stereocenters. The summed E-state index contributed by atoms with van der Waals surface area (Å²) in [6.07, 6.45) is 1.08. The molecule has 0 saturated heterocycles. The Morgan fingerprint density at radius 1 is 1.41 bits per heavy atom. The minimum Gasteiger partial charge on any atom is -0.497 e. The van der Waals surface area contributed by atoms with E-state index in [4.69, 9.17) is 9.47 Å². The van der Waals surface area contributed by atoms with Crippen molar-refractivity contribution in [2.24, 2.45) is 0 Å². The van der Waals surface area contributed by atoms with E-state index in [2.05, 4.69) is 6.92 Å². The summed E-state index contributed by atoms with van der Waals surface area (Å²) >= 11 is 1.60. The van der Waals surface area contributed by atoms with Crippen LogP contribution in [0.3, 0.4) is 0 Å². The fourth-order valence-corrected chi connectivity index (χ4v) is 1.95. The summed E-state index contributed by atoms with van der Waals surface area (Å²) in [5.41, 5.74) is 0.943. The van der Waals surface area contributed by atoms with Gasteiger partial charge in [0.2, 0.25) is 0 Å². The standard InChI is InChI=1S/C13H18O3S/c1-3-7-17-10-13(14)16-9-11-5-4-6-12(8-11)15-2/h4-6,8H,3,7,9-10H2,1-2H3. The minimum atomic E-state index is -0.161. The van der Waals surface area contributed by atoms with Gasteiger partial charge in [-0.15, -0.1) is 0 Å². The van der Waals surface area contributed by atoms with Crippen LogP contribution in [0.2, 0.25) is 0 Å². The van der Waals surface area contributed by atoms with Crippen LogP contribution in [-0.2, 0) is 16.1 Å². The zero-order valence-corrected chi connectivity index (χ0v) is 11.1. The van der Waals surface area contributed by atoms with Gasteiger partial charge in [0, 0.05) is 0 Å². The summed E-state index contributed by atoms with van der Waals surface area (Å²) in [5, 5.41) is 0. The van der Waals surface area contributed by atoms with E-state index in [9.17, 15) is 4.79 Å². The summed E-state index contributed by atoms with van der Waals surface area (Å²) in [6.45, 7) is 2.40. The third-order valence-electron chi connectivity index (χ3n) is 2.10. The number of thioether (sulfide) groups is 1. The minimum absolute atomic E-state index is 0.161. The molecule has 1 aromatic rings. The Bertz CT molecular complexity index is 352. The van der Waals surface area contributed by atoms with Crippen molar-refractivity contribution in [3.05, 3.63) is 29.8 Å². The number of methoxy groups -OCH3 is 1. The van der Waals surface area contributed by atoms with Crippen LogP contribution in [0.4, 0.5) is 0 Å². The monoisotopic (exact) mass is 254 g/mol. The SMILES string of the molecule is CCCSCC(=O)OCc1cccc(OC)c1. The van der Waals surface area contributed by atoms with E-state index in [1.165, 1.54) is 0 Å². The Labute approximate surface area is 106 Å². The number of hydrogen-bond acceptors (Lipinski definition) is 4. The Balaban J connectivity index is 2.31. The molecule has 0 aliphatic rings. The molecule has 0 bridgehead atoms. The molecule has 1 aromatic carbocycles. The van der Waals surface area contributed by atoms with Gasteiger partial charge >= 0.3 is 5.97 Å². The second-order valence-electron chi connectivity index (χ2n) is 3.56. The highest BCUT2D eigenvalue weighted by Crippen LogP contribution is 2.13. The first kappa shape index (κ1) is 13.9. The highest BCUT2D eigenvalue weighted by molar-refractivity contribution is 7.99. The van der Waals surface area contributed by atoms with Crippen molar-refractivity contribution in [1.82, 2.24) is 0 Å². The summed E-state index contributed by atoms with van der Waals surface area (Å²) in [6, 6.07) is 7.53. The van der Waals surface area contributed by atoms with Gasteiger partial charge in [-0.3, -0.25) is 4.79 Å². The third kappa shape index (κ3) is 5.63. The van der Waals surface area contributed by atoms with E-state index in [1.54, 1.807) is 18.9 Å². The lowest BCUT2D eigenvalue weighted by Gasteiger charge is -2.06. The Kier molecular flexibility index (Phi) is 6.55. The molecule has 3 nitrogen and oxygen atoms in total. The number of esters is 1. The molecule has 0 amide bonds. The molecule has 0 saturated carbocycles. The highest BCUT2D eigenvalue weighted by atomic mass is 32.2. The molecule has 0 unspecified atom stereocenters. The predicted molar refractivity (Wildman–Crippen MR) is 70.4 cm³/mol. The summed E-state index contributed by atoms with van der Waals surface area (Å²) in [4.78, 5) is 11.4. The first-order valence-corrected chi connectivity index (χ1v) is 6.78. The maximum absolute atomic E-state index is 11.4. The fraction of sp³-hybridized carbons (Fsp3) is 0.462. The van der Waals surface area contributed by atoms with Crippen molar-refractivity contribution in [2.45, 2.75) is 20.0 Å². The van der Waals surface area contributed by atoms with Crippen LogP contribution in [-0.4, -0.2) is 24.6 Å². The first-order chi connectivity index (χ1) is 8.26. The van der Waals surface area contributed by atoms with Gasteiger partial charge in [0.25, 0.3) is 0 Å². The molecule has 17 heavy (non-hydrogen) atoms. The Morgan fingerprint density at radius 2 is 2.24 bits per heavy atom. The molecule has 0 heterocycles. The van der Waals surface area contributed by atoms with Crippen molar-refractivity contribution in [3.63, 3.8) is 0 Å². The lowest BCUT2D eigenvalue weighted by atomic mass is 10.2. The molecule has 0 fully saturated rings. The van der Waals surface area contributed by atoms with Crippen molar-refractivity contribution >= 4 is 17.7 Å². The zero-order valence-electron chi connectivity index (χ0n) is 10.3. The number of rotatable bonds is 7. The number of benzene rings is 1. The van der Waals surface area contributed by atoms with E-state index in [0.717, 1.165) is 23.5 Å². The third-order valence-corrected chi connectivity index (χ3v) is 3.24. The highest BCUT2D eigenvalue weighted by Gasteiger charge is 2.03. The number of carbonyl (C=O) groups excluding carboxylic acids is 1. The predicted octanol–water partition coefficient (Wildman–Crippen LogP) is 2.88. The molecule has 0 aromatic heterocycles. The first-order valence-electron chi connectivity index (χ1n) is 5.62. The van der Waals surface area contributed by atoms with Crippen LogP contribution in [0, 0.1) is 0 Å². The molecular formula is C13H18O3S. The molecular weight excluding hydrogens is 236 g/mol. The van der Waals surface area contributed by atoms with Crippen LogP contribution >= 0.6 is 11.8 Å². The number of ether oxygens (including phenoxy) is 2. The van der Waals surface area contributed by atoms with Gasteiger partial charge in [0.1, 0.15) is 12.4 Å². The summed E-state index contributed by atoms with van der Waals surface area (Å²) in [5.74, 6) is 2.04. The lowest BCUT2D eigenvalue weighted by molar-refractivity contribution is -0.141. The van der Waals surface area contributed by atoms with E-state index in [1.807, 2.05) is 24.3 Å². The van der Waals surface area contributed by atoms with Gasteiger partial charge in [-0.2, -0.15) is 11.8 Å². The largest absolute Gasteiger partial charge is 0.497 e. The maximum Gasteiger partial charge on any atom is 0.316 e. The van der Waals surface area contributed by atoms with E-state index in [-0.39, 0.29) is 5.97 Å². The summed E-state index contributed by atoms with van der Waals surface area (Å²) < 4.78 is 10.3. The molecule has 0 spiro atoms. The smallest absolute Gasteiger partial charge is 0.316 e. The number of hydrogen-bond donors (Lipinski definition) is 0. The second-order valence-corrected chi connectivity index (χ2v) is 4.67. The van der Waals surface area contributed by atoms with E-state index in [0.29, 0.717) is 12.4 Å². The maximum atomic E-state index is 11.4. The van der Waals surface area contributed by atoms with Crippen LogP contribution in [0.1, 0.15) is 18.9 Å². The Morgan fingerprint density at radius 3 is 2.94 bits per heavy atom. The van der Waals surface area contributed by atoms with Crippen molar-refractivity contribution in [1.29, 1.82) is 0 Å². The second kappa shape index (κ2) is 8.01. The molecule has 0 aliphatic heterocycles. The van der Waals surface area contributed by atoms with Crippen LogP contribution in [0.25, 0.3) is 0 Å². The van der Waals surface area contributed by atoms with Crippen molar-refractivity contribution in [3.8, 4) is 5.75 Å². The van der Waals surface area contributed by atoms with Gasteiger partial charge in [-0.1, -0.05) is 19.1 Å². The van der Waals surface area contributed by atoms with Crippen LogP contribution < -0.4 is 4.74 Å². The van der Waals surface area contributed by atoms with E-state index < -0.39 is 0 Å². The average molecular weight is 254 g/mol. The fourth-order valence-electron chi connectivity index (χ4n) is 1.27. The molecule has 94 valence electrons. The molecule has 0 N–H and O–H groups in total. The van der Waals surface area contributed by atoms with Crippen LogP contribution in [0.15, 0.2) is 24.3 Å². The van der Waals surface area contributed by atoms with Crippen LogP contribution in [0.5, 0.6) is 5.75 Å². The summed E-state index contributed by atoms with van der Waals surface area (Å²) in [7, 11) is 1.62. The lowest BCUT2D eigenvalue weighted by Crippen LogP contribution is -2.07. The Hall–Kier alpha value is -1.16. The topological polar surface area (TPSA) is 35.5 Å². The van der Waals surface area contributed by atoms with Gasteiger partial charge in [0.15, 0.2) is 0 Å². The van der Waals surface area contributed by atoms with E-state index >= 15 is 0 Å². The average Bonchev–Trinajstić information content (AvgIpc) is 2.37. The van der Waals surface area contributed by atoms with Gasteiger partial charge in [0.05, 0.1) is 12.9 Å². The molecule has 0 aliphatic carbocycles.